The highest BCUT2D eigenvalue weighted by Gasteiger charge is 2.25. The fourth-order valence-electron chi connectivity index (χ4n) is 3.72. The Morgan fingerprint density at radius 1 is 1.03 bits per heavy atom. The van der Waals surface area contributed by atoms with E-state index in [1.54, 1.807) is 48.4 Å². The number of anilines is 2. The number of nitrogens with zero attached hydrogens (tertiary/aromatic N) is 1. The van der Waals surface area contributed by atoms with E-state index in [1.165, 1.54) is 0 Å². The van der Waals surface area contributed by atoms with E-state index in [9.17, 15) is 9.59 Å². The Balaban J connectivity index is 1.35. The number of aryl methyl sites for hydroxylation is 1. The molecule has 0 saturated carbocycles. The highest BCUT2D eigenvalue weighted by atomic mass is 16.5. The van der Waals surface area contributed by atoms with Gasteiger partial charge in [-0.3, -0.25) is 9.59 Å². The van der Waals surface area contributed by atoms with Gasteiger partial charge in [-0.15, -0.1) is 0 Å². The predicted molar refractivity (Wildman–Crippen MR) is 133 cm³/mol. The topological polar surface area (TPSA) is 86.3 Å². The van der Waals surface area contributed by atoms with Crippen LogP contribution in [0, 0.1) is 6.92 Å². The molecule has 1 heterocycles. The Hall–Kier alpha value is -4.20. The number of hydrogen-bond acceptors (Lipinski definition) is 6. The summed E-state index contributed by atoms with van der Waals surface area (Å²) in [5.41, 5.74) is 2.28. The van der Waals surface area contributed by atoms with Gasteiger partial charge in [0.15, 0.2) is 24.7 Å². The van der Waals surface area contributed by atoms with Crippen LogP contribution in [0.1, 0.15) is 12.0 Å². The van der Waals surface area contributed by atoms with Crippen LogP contribution in [0.2, 0.25) is 0 Å². The van der Waals surface area contributed by atoms with E-state index in [0.29, 0.717) is 48.2 Å². The monoisotopic (exact) mass is 476 g/mol. The Morgan fingerprint density at radius 3 is 2.66 bits per heavy atom. The van der Waals surface area contributed by atoms with Crippen LogP contribution >= 0.6 is 0 Å². The number of fused-ring (bicyclic) bond motifs is 1. The molecule has 0 spiro atoms. The lowest BCUT2D eigenvalue weighted by Crippen LogP contribution is -2.39. The van der Waals surface area contributed by atoms with E-state index in [0.717, 1.165) is 11.3 Å². The predicted octanol–water partition coefficient (Wildman–Crippen LogP) is 4.22. The third-order valence-electron chi connectivity index (χ3n) is 5.40. The minimum Gasteiger partial charge on any atom is -0.494 e. The molecule has 8 nitrogen and oxygen atoms in total. The first-order valence-electron chi connectivity index (χ1n) is 11.4. The van der Waals surface area contributed by atoms with E-state index in [1.807, 2.05) is 37.3 Å². The summed E-state index contributed by atoms with van der Waals surface area (Å²) in [4.78, 5) is 26.7. The summed E-state index contributed by atoms with van der Waals surface area (Å²) < 4.78 is 22.2. The van der Waals surface area contributed by atoms with E-state index in [2.05, 4.69) is 5.32 Å². The van der Waals surface area contributed by atoms with Gasteiger partial charge in [0.25, 0.3) is 11.8 Å². The SMILES string of the molecule is COc1ccccc1OCC(=O)Nc1ccc2c(c1)N(CCCOc1cccc(C)c1)C(=O)CO2. The molecule has 8 heteroatoms. The van der Waals surface area contributed by atoms with Crippen molar-refractivity contribution in [3.05, 3.63) is 72.3 Å². The van der Waals surface area contributed by atoms with Crippen molar-refractivity contribution in [1.82, 2.24) is 0 Å². The lowest BCUT2D eigenvalue weighted by Gasteiger charge is -2.30. The molecule has 182 valence electrons. The number of hydrogen-bond donors (Lipinski definition) is 1. The molecule has 1 N–H and O–H groups in total. The maximum atomic E-state index is 12.6. The minimum absolute atomic E-state index is 0.0236. The quantitative estimate of drug-likeness (QED) is 0.441. The van der Waals surface area contributed by atoms with E-state index >= 15 is 0 Å². The van der Waals surface area contributed by atoms with Crippen LogP contribution in [-0.4, -0.2) is 45.3 Å². The van der Waals surface area contributed by atoms with Crippen molar-refractivity contribution >= 4 is 23.2 Å². The summed E-state index contributed by atoms with van der Waals surface area (Å²) in [7, 11) is 1.54. The zero-order chi connectivity index (χ0) is 24.6. The first kappa shape index (κ1) is 23.9. The molecule has 0 radical (unpaired) electrons. The molecule has 0 bridgehead atoms. The zero-order valence-electron chi connectivity index (χ0n) is 19.8. The number of nitrogens with one attached hydrogen (secondary N) is 1. The summed E-state index contributed by atoms with van der Waals surface area (Å²) in [5, 5.41) is 2.81. The Labute approximate surface area is 204 Å². The van der Waals surface area contributed by atoms with Gasteiger partial charge >= 0.3 is 0 Å². The van der Waals surface area contributed by atoms with Gasteiger partial charge in [0.1, 0.15) is 11.5 Å². The number of amides is 2. The fraction of sp³-hybridized carbons (Fsp3) is 0.259. The van der Waals surface area contributed by atoms with Crippen molar-refractivity contribution in [2.75, 3.05) is 43.7 Å². The van der Waals surface area contributed by atoms with E-state index < -0.39 is 0 Å². The lowest BCUT2D eigenvalue weighted by atomic mass is 10.2. The normalized spacial score (nSPS) is 12.4. The first-order valence-corrected chi connectivity index (χ1v) is 11.4. The molecule has 3 aromatic rings. The molecule has 0 unspecified atom stereocenters. The van der Waals surface area contributed by atoms with Gasteiger partial charge in [0.2, 0.25) is 0 Å². The summed E-state index contributed by atoms with van der Waals surface area (Å²) >= 11 is 0. The first-order chi connectivity index (χ1) is 17.0. The second-order valence-corrected chi connectivity index (χ2v) is 8.02. The molecule has 0 aliphatic carbocycles. The highest BCUT2D eigenvalue weighted by Crippen LogP contribution is 2.35. The van der Waals surface area contributed by atoms with Crippen molar-refractivity contribution in [2.24, 2.45) is 0 Å². The number of benzene rings is 3. The molecule has 2 amide bonds. The Morgan fingerprint density at radius 2 is 1.86 bits per heavy atom. The number of para-hydroxylation sites is 2. The molecule has 0 saturated heterocycles. The molecule has 1 aliphatic rings. The third-order valence-corrected chi connectivity index (χ3v) is 5.40. The Kier molecular flexibility index (Phi) is 7.72. The van der Waals surface area contributed by atoms with Crippen LogP contribution in [0.15, 0.2) is 66.7 Å². The summed E-state index contributed by atoms with van der Waals surface area (Å²) in [6.07, 6.45) is 0.641. The van der Waals surface area contributed by atoms with Gasteiger partial charge in [-0.1, -0.05) is 24.3 Å². The summed E-state index contributed by atoms with van der Waals surface area (Å²) in [6, 6.07) is 20.2. The summed E-state index contributed by atoms with van der Waals surface area (Å²) in [5.74, 6) is 1.94. The van der Waals surface area contributed by atoms with E-state index in [-0.39, 0.29) is 25.0 Å². The fourth-order valence-corrected chi connectivity index (χ4v) is 3.72. The maximum Gasteiger partial charge on any atom is 0.265 e. The van der Waals surface area contributed by atoms with Gasteiger partial charge in [-0.2, -0.15) is 0 Å². The smallest absolute Gasteiger partial charge is 0.265 e. The zero-order valence-corrected chi connectivity index (χ0v) is 19.8. The van der Waals surface area contributed by atoms with Gasteiger partial charge in [-0.25, -0.2) is 0 Å². The molecule has 0 aromatic heterocycles. The average molecular weight is 477 g/mol. The van der Waals surface area contributed by atoms with Crippen LogP contribution in [0.5, 0.6) is 23.0 Å². The molecule has 4 rings (SSSR count). The highest BCUT2D eigenvalue weighted by molar-refractivity contribution is 5.99. The number of carbonyl (C=O) groups excluding carboxylic acids is 2. The largest absolute Gasteiger partial charge is 0.494 e. The minimum atomic E-state index is -0.336. The average Bonchev–Trinajstić information content (AvgIpc) is 2.86. The molecular weight excluding hydrogens is 448 g/mol. The number of carbonyl (C=O) groups is 2. The number of methoxy groups -OCH3 is 1. The van der Waals surface area contributed by atoms with Crippen LogP contribution in [0.3, 0.4) is 0 Å². The molecule has 3 aromatic carbocycles. The standard InChI is InChI=1S/C27H28N2O6/c1-19-7-5-8-21(15-19)33-14-6-13-29-22-16-20(11-12-23(22)35-18-27(29)31)28-26(30)17-34-25-10-4-3-9-24(25)32-2/h3-5,7-12,15-16H,6,13-14,17-18H2,1-2H3,(H,28,30). The summed E-state index contributed by atoms with van der Waals surface area (Å²) in [6.45, 7) is 2.74. The molecule has 0 fully saturated rings. The molecule has 0 atom stereocenters. The third kappa shape index (κ3) is 6.23. The van der Waals surface area contributed by atoms with Crippen molar-refractivity contribution in [1.29, 1.82) is 0 Å². The second kappa shape index (κ2) is 11.3. The van der Waals surface area contributed by atoms with Crippen LogP contribution in [-0.2, 0) is 9.59 Å². The van der Waals surface area contributed by atoms with Gasteiger partial charge in [-0.05, 0) is 61.4 Å². The van der Waals surface area contributed by atoms with Crippen molar-refractivity contribution in [2.45, 2.75) is 13.3 Å². The van der Waals surface area contributed by atoms with Gasteiger partial charge in [0, 0.05) is 12.2 Å². The van der Waals surface area contributed by atoms with Crippen molar-refractivity contribution in [3.63, 3.8) is 0 Å². The maximum absolute atomic E-state index is 12.6. The second-order valence-electron chi connectivity index (χ2n) is 8.02. The number of rotatable bonds is 10. The van der Waals surface area contributed by atoms with E-state index in [4.69, 9.17) is 18.9 Å². The lowest BCUT2D eigenvalue weighted by molar-refractivity contribution is -0.121. The van der Waals surface area contributed by atoms with Crippen molar-refractivity contribution < 1.29 is 28.5 Å². The van der Waals surface area contributed by atoms with Gasteiger partial charge in [0.05, 0.1) is 19.4 Å². The van der Waals surface area contributed by atoms with Crippen LogP contribution in [0.4, 0.5) is 11.4 Å². The molecule has 35 heavy (non-hydrogen) atoms. The molecule has 1 aliphatic heterocycles. The van der Waals surface area contributed by atoms with Crippen LogP contribution in [0.25, 0.3) is 0 Å². The van der Waals surface area contributed by atoms with Gasteiger partial charge < -0.3 is 29.2 Å². The Bertz CT molecular complexity index is 1200. The van der Waals surface area contributed by atoms with Crippen LogP contribution < -0.4 is 29.2 Å². The van der Waals surface area contributed by atoms with Crippen molar-refractivity contribution in [3.8, 4) is 23.0 Å². The number of ether oxygens (including phenoxy) is 4. The molecular formula is C27H28N2O6.